The fourth-order valence-corrected chi connectivity index (χ4v) is 1.75. The number of aliphatic hydroxyl groups is 1. The van der Waals surface area contributed by atoms with E-state index in [9.17, 15) is 15.2 Å². The molecule has 94 valence electrons. The summed E-state index contributed by atoms with van der Waals surface area (Å²) >= 11 is 3.28. The van der Waals surface area contributed by atoms with E-state index in [-0.39, 0.29) is 12.3 Å². The van der Waals surface area contributed by atoms with E-state index in [1.165, 1.54) is 12.1 Å². The Kier molecular flexibility index (Phi) is 4.47. The van der Waals surface area contributed by atoms with Gasteiger partial charge in [0.1, 0.15) is 0 Å². The summed E-state index contributed by atoms with van der Waals surface area (Å²) in [7, 11) is 0. The number of nitro benzene ring substituents is 1. The minimum Gasteiger partial charge on any atom is -0.394 e. The summed E-state index contributed by atoms with van der Waals surface area (Å²) in [6.07, 6.45) is 0.743. The second kappa shape index (κ2) is 5.46. The lowest BCUT2D eigenvalue weighted by Gasteiger charge is -2.29. The molecule has 0 aliphatic carbocycles. The van der Waals surface area contributed by atoms with Crippen LogP contribution in [0.1, 0.15) is 20.3 Å². The predicted octanol–water partition coefficient (Wildman–Crippen LogP) is 2.93. The van der Waals surface area contributed by atoms with Crippen LogP contribution in [-0.4, -0.2) is 22.2 Å². The lowest BCUT2D eigenvalue weighted by Crippen LogP contribution is -2.38. The van der Waals surface area contributed by atoms with Crippen molar-refractivity contribution in [1.29, 1.82) is 0 Å². The monoisotopic (exact) mass is 302 g/mol. The molecular weight excluding hydrogens is 288 g/mol. The SMILES string of the molecule is CCC(C)(CO)Nc1ccc([N+](=O)[O-])cc1Br. The minimum absolute atomic E-state index is 0.00702. The number of hydrogen-bond donors (Lipinski definition) is 2. The molecule has 17 heavy (non-hydrogen) atoms. The Bertz CT molecular complexity index is 419. The summed E-state index contributed by atoms with van der Waals surface area (Å²) in [6, 6.07) is 4.50. The van der Waals surface area contributed by atoms with E-state index >= 15 is 0 Å². The molecule has 0 aliphatic rings. The van der Waals surface area contributed by atoms with Gasteiger partial charge in [0.2, 0.25) is 0 Å². The highest BCUT2D eigenvalue weighted by Gasteiger charge is 2.22. The van der Waals surface area contributed by atoms with Crippen molar-refractivity contribution < 1.29 is 10.0 Å². The molecule has 6 heteroatoms. The molecule has 1 aromatic rings. The van der Waals surface area contributed by atoms with Crippen LogP contribution in [0, 0.1) is 10.1 Å². The van der Waals surface area contributed by atoms with Gasteiger partial charge in [0, 0.05) is 22.3 Å². The van der Waals surface area contributed by atoms with Crippen LogP contribution in [0.2, 0.25) is 0 Å². The zero-order valence-corrected chi connectivity index (χ0v) is 11.3. The van der Waals surface area contributed by atoms with Gasteiger partial charge in [-0.2, -0.15) is 0 Å². The molecule has 0 spiro atoms. The van der Waals surface area contributed by atoms with Crippen LogP contribution >= 0.6 is 15.9 Å². The molecule has 1 atom stereocenters. The zero-order chi connectivity index (χ0) is 13.1. The van der Waals surface area contributed by atoms with Crippen molar-refractivity contribution in [3.8, 4) is 0 Å². The molecular formula is C11H15BrN2O3. The third-order valence-corrected chi connectivity index (χ3v) is 3.39. The maximum atomic E-state index is 10.6. The highest BCUT2D eigenvalue weighted by molar-refractivity contribution is 9.10. The molecule has 0 heterocycles. The average molecular weight is 303 g/mol. The average Bonchev–Trinajstić information content (AvgIpc) is 2.31. The number of aliphatic hydroxyl groups excluding tert-OH is 1. The maximum Gasteiger partial charge on any atom is 0.270 e. The van der Waals surface area contributed by atoms with Crippen LogP contribution in [0.15, 0.2) is 22.7 Å². The molecule has 1 rings (SSSR count). The van der Waals surface area contributed by atoms with Gasteiger partial charge in [0.05, 0.1) is 17.1 Å². The lowest BCUT2D eigenvalue weighted by molar-refractivity contribution is -0.384. The summed E-state index contributed by atoms with van der Waals surface area (Å²) in [6.45, 7) is 3.84. The number of hydrogen-bond acceptors (Lipinski definition) is 4. The van der Waals surface area contributed by atoms with Crippen molar-refractivity contribution in [3.63, 3.8) is 0 Å². The van der Waals surface area contributed by atoms with Gasteiger partial charge in [-0.25, -0.2) is 0 Å². The van der Waals surface area contributed by atoms with Crippen molar-refractivity contribution in [2.45, 2.75) is 25.8 Å². The molecule has 1 unspecified atom stereocenters. The lowest BCUT2D eigenvalue weighted by atomic mass is 10.00. The van der Waals surface area contributed by atoms with Crippen LogP contribution in [0.3, 0.4) is 0 Å². The molecule has 0 saturated carbocycles. The Labute approximate surface area is 108 Å². The van der Waals surface area contributed by atoms with Gasteiger partial charge in [-0.15, -0.1) is 0 Å². The first-order valence-electron chi connectivity index (χ1n) is 5.25. The van der Waals surface area contributed by atoms with E-state index in [1.807, 2.05) is 13.8 Å². The smallest absolute Gasteiger partial charge is 0.270 e. The van der Waals surface area contributed by atoms with Gasteiger partial charge in [0.25, 0.3) is 5.69 Å². The first-order valence-corrected chi connectivity index (χ1v) is 6.04. The molecule has 0 saturated heterocycles. The van der Waals surface area contributed by atoms with E-state index in [0.717, 1.165) is 12.1 Å². The summed E-state index contributed by atoms with van der Waals surface area (Å²) in [5, 5.41) is 23.1. The van der Waals surface area contributed by atoms with Gasteiger partial charge in [-0.3, -0.25) is 10.1 Å². The summed E-state index contributed by atoms with van der Waals surface area (Å²) in [5.41, 5.74) is 0.331. The van der Waals surface area contributed by atoms with Gasteiger partial charge in [0.15, 0.2) is 0 Å². The van der Waals surface area contributed by atoms with E-state index in [1.54, 1.807) is 6.07 Å². The fraction of sp³-hybridized carbons (Fsp3) is 0.455. The Balaban J connectivity index is 2.97. The number of nitrogens with one attached hydrogen (secondary N) is 1. The van der Waals surface area contributed by atoms with Gasteiger partial charge in [-0.05, 0) is 35.3 Å². The van der Waals surface area contributed by atoms with Crippen molar-refractivity contribution in [2.24, 2.45) is 0 Å². The highest BCUT2D eigenvalue weighted by atomic mass is 79.9. The largest absolute Gasteiger partial charge is 0.394 e. The number of benzene rings is 1. The number of halogens is 1. The molecule has 0 fully saturated rings. The molecule has 0 amide bonds. The van der Waals surface area contributed by atoms with Gasteiger partial charge < -0.3 is 10.4 Å². The molecule has 2 N–H and O–H groups in total. The highest BCUT2D eigenvalue weighted by Crippen LogP contribution is 2.29. The first-order chi connectivity index (χ1) is 7.91. The van der Waals surface area contributed by atoms with Crippen LogP contribution in [0.5, 0.6) is 0 Å². The summed E-state index contributed by atoms with van der Waals surface area (Å²) < 4.78 is 0.611. The Morgan fingerprint density at radius 1 is 1.59 bits per heavy atom. The van der Waals surface area contributed by atoms with Crippen molar-refractivity contribution >= 4 is 27.3 Å². The maximum absolute atomic E-state index is 10.6. The first kappa shape index (κ1) is 13.9. The van der Waals surface area contributed by atoms with E-state index in [0.29, 0.717) is 4.47 Å². The topological polar surface area (TPSA) is 75.4 Å². The standard InChI is InChI=1S/C11H15BrN2O3/c1-3-11(2,7-15)13-10-5-4-8(14(16)17)6-9(10)12/h4-6,13,15H,3,7H2,1-2H3. The third-order valence-electron chi connectivity index (χ3n) is 2.73. The van der Waals surface area contributed by atoms with E-state index < -0.39 is 10.5 Å². The van der Waals surface area contributed by atoms with Crippen molar-refractivity contribution in [2.75, 3.05) is 11.9 Å². The normalized spacial score (nSPS) is 14.1. The molecule has 0 bridgehead atoms. The Morgan fingerprint density at radius 2 is 2.24 bits per heavy atom. The third kappa shape index (κ3) is 3.41. The minimum atomic E-state index is -0.445. The van der Waals surface area contributed by atoms with Crippen molar-refractivity contribution in [3.05, 3.63) is 32.8 Å². The number of anilines is 1. The van der Waals surface area contributed by atoms with E-state index in [2.05, 4.69) is 21.2 Å². The van der Waals surface area contributed by atoms with Crippen LogP contribution in [0.4, 0.5) is 11.4 Å². The molecule has 0 aliphatic heterocycles. The Hall–Kier alpha value is -1.14. The van der Waals surface area contributed by atoms with Gasteiger partial charge >= 0.3 is 0 Å². The van der Waals surface area contributed by atoms with Crippen molar-refractivity contribution in [1.82, 2.24) is 0 Å². The number of nitro groups is 1. The van der Waals surface area contributed by atoms with Crippen LogP contribution in [-0.2, 0) is 0 Å². The Morgan fingerprint density at radius 3 is 2.65 bits per heavy atom. The molecule has 5 nitrogen and oxygen atoms in total. The molecule has 0 aromatic heterocycles. The fourth-order valence-electron chi connectivity index (χ4n) is 1.28. The number of nitrogens with zero attached hydrogens (tertiary/aromatic N) is 1. The number of non-ortho nitro benzene ring substituents is 1. The van der Waals surface area contributed by atoms with Gasteiger partial charge in [-0.1, -0.05) is 6.92 Å². The van der Waals surface area contributed by atoms with Crippen LogP contribution in [0.25, 0.3) is 0 Å². The summed E-state index contributed by atoms with van der Waals surface area (Å²) in [5.74, 6) is 0. The quantitative estimate of drug-likeness (QED) is 0.648. The predicted molar refractivity (Wildman–Crippen MR) is 70.2 cm³/mol. The van der Waals surface area contributed by atoms with Crippen LogP contribution < -0.4 is 5.32 Å². The second-order valence-electron chi connectivity index (χ2n) is 4.12. The zero-order valence-electron chi connectivity index (χ0n) is 9.74. The molecule has 0 radical (unpaired) electrons. The second-order valence-corrected chi connectivity index (χ2v) is 4.97. The summed E-state index contributed by atoms with van der Waals surface area (Å²) in [4.78, 5) is 10.1. The number of rotatable bonds is 5. The van der Waals surface area contributed by atoms with E-state index in [4.69, 9.17) is 0 Å². The molecule has 1 aromatic carbocycles.